The highest BCUT2D eigenvalue weighted by molar-refractivity contribution is 5.82. The summed E-state index contributed by atoms with van der Waals surface area (Å²) in [4.78, 5) is 14.1. The molecule has 19 heavy (non-hydrogen) atoms. The maximum Gasteiger partial charge on any atom is 0.239 e. The summed E-state index contributed by atoms with van der Waals surface area (Å²) in [6.07, 6.45) is 0.972. The summed E-state index contributed by atoms with van der Waals surface area (Å²) in [7, 11) is 0. The first kappa shape index (κ1) is 13.9. The number of hydrogen-bond acceptors (Lipinski definition) is 3. The molecule has 4 heteroatoms. The van der Waals surface area contributed by atoms with Crippen molar-refractivity contribution >= 4 is 11.6 Å². The molecule has 1 aliphatic heterocycles. The van der Waals surface area contributed by atoms with Crippen LogP contribution in [0.3, 0.4) is 0 Å². The number of carbonyl (C=O) groups excluding carboxylic acids is 1. The van der Waals surface area contributed by atoms with E-state index < -0.39 is 0 Å². The van der Waals surface area contributed by atoms with E-state index in [1.165, 1.54) is 11.3 Å². The number of nitrogens with one attached hydrogen (secondary N) is 1. The number of carbonyl (C=O) groups is 1. The molecule has 1 aromatic carbocycles. The average molecular weight is 261 g/mol. The van der Waals surface area contributed by atoms with Crippen LogP contribution >= 0.6 is 0 Å². The lowest BCUT2D eigenvalue weighted by atomic mass is 9.98. The lowest BCUT2D eigenvalue weighted by Gasteiger charge is -2.20. The molecular formula is C15H23N3O. The highest BCUT2D eigenvalue weighted by Gasteiger charge is 2.28. The molecule has 0 aromatic heterocycles. The van der Waals surface area contributed by atoms with Crippen LogP contribution in [0.25, 0.3) is 0 Å². The Bertz CT molecular complexity index is 445. The Hall–Kier alpha value is -1.55. The number of amides is 1. The molecule has 0 bridgehead atoms. The monoisotopic (exact) mass is 261 g/mol. The molecule has 104 valence electrons. The van der Waals surface area contributed by atoms with E-state index in [9.17, 15) is 4.79 Å². The minimum atomic E-state index is 0.0817. The van der Waals surface area contributed by atoms with Crippen LogP contribution in [0.1, 0.15) is 31.7 Å². The van der Waals surface area contributed by atoms with Crippen LogP contribution in [0.4, 0.5) is 5.69 Å². The van der Waals surface area contributed by atoms with Crippen molar-refractivity contribution < 1.29 is 4.79 Å². The topological polar surface area (TPSA) is 58.4 Å². The van der Waals surface area contributed by atoms with Gasteiger partial charge in [-0.2, -0.15) is 0 Å². The number of nitrogens with two attached hydrogens (primary N) is 1. The van der Waals surface area contributed by atoms with Gasteiger partial charge in [-0.05, 0) is 38.4 Å². The summed E-state index contributed by atoms with van der Waals surface area (Å²) in [5, 5.41) is 2.94. The van der Waals surface area contributed by atoms with Crippen molar-refractivity contribution in [2.75, 3.05) is 24.5 Å². The van der Waals surface area contributed by atoms with Gasteiger partial charge in [0.05, 0.1) is 6.54 Å². The molecule has 1 unspecified atom stereocenters. The highest BCUT2D eigenvalue weighted by atomic mass is 16.2. The fourth-order valence-electron chi connectivity index (χ4n) is 2.72. The zero-order chi connectivity index (χ0) is 13.8. The molecule has 0 aliphatic carbocycles. The van der Waals surface area contributed by atoms with Gasteiger partial charge in [0.25, 0.3) is 0 Å². The summed E-state index contributed by atoms with van der Waals surface area (Å²) >= 11 is 0. The Morgan fingerprint density at radius 3 is 2.89 bits per heavy atom. The molecule has 1 aromatic rings. The molecule has 1 heterocycles. The summed E-state index contributed by atoms with van der Waals surface area (Å²) in [5.74, 6) is 0.534. The minimum absolute atomic E-state index is 0.0817. The van der Waals surface area contributed by atoms with E-state index in [4.69, 9.17) is 5.73 Å². The van der Waals surface area contributed by atoms with Crippen molar-refractivity contribution in [1.29, 1.82) is 0 Å². The summed E-state index contributed by atoms with van der Waals surface area (Å²) in [6.45, 7) is 5.96. The van der Waals surface area contributed by atoms with Gasteiger partial charge in [-0.3, -0.25) is 4.79 Å². The van der Waals surface area contributed by atoms with Crippen LogP contribution in [0.15, 0.2) is 24.3 Å². The minimum Gasteiger partial charge on any atom is -0.361 e. The molecule has 0 radical (unpaired) electrons. The zero-order valence-corrected chi connectivity index (χ0v) is 11.7. The predicted molar refractivity (Wildman–Crippen MR) is 78.3 cm³/mol. The number of fused-ring (bicyclic) bond motifs is 1. The molecule has 1 atom stereocenters. The van der Waals surface area contributed by atoms with Gasteiger partial charge in [0.15, 0.2) is 0 Å². The molecule has 3 N–H and O–H groups in total. The molecule has 0 saturated heterocycles. The van der Waals surface area contributed by atoms with E-state index >= 15 is 0 Å². The Balaban J connectivity index is 2.09. The first-order valence-corrected chi connectivity index (χ1v) is 6.95. The fraction of sp³-hybridized carbons (Fsp3) is 0.533. The Morgan fingerprint density at radius 2 is 2.21 bits per heavy atom. The Labute approximate surface area is 115 Å². The Kier molecular flexibility index (Phi) is 4.43. The molecule has 4 nitrogen and oxygen atoms in total. The van der Waals surface area contributed by atoms with E-state index in [0.29, 0.717) is 19.0 Å². The van der Waals surface area contributed by atoms with Gasteiger partial charge in [0, 0.05) is 24.2 Å². The first-order valence-electron chi connectivity index (χ1n) is 6.95. The molecular weight excluding hydrogens is 238 g/mol. The largest absolute Gasteiger partial charge is 0.361 e. The van der Waals surface area contributed by atoms with Crippen LogP contribution in [-0.2, 0) is 4.79 Å². The molecule has 1 aliphatic rings. The molecule has 0 spiro atoms. The molecule has 0 saturated carbocycles. The number of rotatable bonds is 5. The Morgan fingerprint density at radius 1 is 1.47 bits per heavy atom. The summed E-state index contributed by atoms with van der Waals surface area (Å²) in [6, 6.07) is 8.51. The lowest BCUT2D eigenvalue weighted by Crippen LogP contribution is -2.39. The van der Waals surface area contributed by atoms with Gasteiger partial charge in [-0.25, -0.2) is 0 Å². The van der Waals surface area contributed by atoms with Crippen LogP contribution in [-0.4, -0.2) is 31.6 Å². The summed E-state index contributed by atoms with van der Waals surface area (Å²) < 4.78 is 0. The number of anilines is 1. The maximum absolute atomic E-state index is 11.9. The van der Waals surface area contributed by atoms with Crippen LogP contribution in [0.5, 0.6) is 0 Å². The number of benzene rings is 1. The fourth-order valence-corrected chi connectivity index (χ4v) is 2.72. The van der Waals surface area contributed by atoms with E-state index in [1.807, 2.05) is 19.9 Å². The highest BCUT2D eigenvalue weighted by Crippen LogP contribution is 2.37. The maximum atomic E-state index is 11.9. The van der Waals surface area contributed by atoms with E-state index in [0.717, 1.165) is 13.0 Å². The first-order chi connectivity index (χ1) is 9.11. The lowest BCUT2D eigenvalue weighted by molar-refractivity contribution is -0.120. The van der Waals surface area contributed by atoms with Gasteiger partial charge in [-0.1, -0.05) is 18.2 Å². The second-order valence-electron chi connectivity index (χ2n) is 5.44. The molecule has 2 rings (SSSR count). The van der Waals surface area contributed by atoms with Crippen molar-refractivity contribution in [2.24, 2.45) is 5.73 Å². The molecule has 0 fully saturated rings. The third-order valence-electron chi connectivity index (χ3n) is 3.46. The van der Waals surface area contributed by atoms with Crippen molar-refractivity contribution in [3.63, 3.8) is 0 Å². The number of nitrogens with zero attached hydrogens (tertiary/aromatic N) is 1. The number of hydrogen-bond donors (Lipinski definition) is 2. The van der Waals surface area contributed by atoms with E-state index in [2.05, 4.69) is 28.4 Å². The van der Waals surface area contributed by atoms with E-state index in [-0.39, 0.29) is 11.9 Å². The van der Waals surface area contributed by atoms with Gasteiger partial charge in [0.1, 0.15) is 0 Å². The third-order valence-corrected chi connectivity index (χ3v) is 3.46. The van der Waals surface area contributed by atoms with Gasteiger partial charge in [-0.15, -0.1) is 0 Å². The second-order valence-corrected chi connectivity index (χ2v) is 5.44. The van der Waals surface area contributed by atoms with Crippen LogP contribution in [0.2, 0.25) is 0 Å². The van der Waals surface area contributed by atoms with E-state index in [1.54, 1.807) is 0 Å². The van der Waals surface area contributed by atoms with Crippen molar-refractivity contribution in [3.05, 3.63) is 29.8 Å². The smallest absolute Gasteiger partial charge is 0.239 e. The standard InChI is InChI=1S/C15H23N3O/c1-11(2)17-15(19)10-18-9-12(7-8-16)13-5-3-4-6-14(13)18/h3-6,11-12H,7-10,16H2,1-2H3,(H,17,19). The van der Waals surface area contributed by atoms with Gasteiger partial charge < -0.3 is 16.0 Å². The normalized spacial score (nSPS) is 17.7. The van der Waals surface area contributed by atoms with Gasteiger partial charge in [0.2, 0.25) is 5.91 Å². The SMILES string of the molecule is CC(C)NC(=O)CN1CC(CCN)c2ccccc21. The predicted octanol–water partition coefficient (Wildman–Crippen LogP) is 1.46. The summed E-state index contributed by atoms with van der Waals surface area (Å²) in [5.41, 5.74) is 8.19. The van der Waals surface area contributed by atoms with Crippen LogP contribution in [0, 0.1) is 0 Å². The van der Waals surface area contributed by atoms with Crippen molar-refractivity contribution in [1.82, 2.24) is 5.32 Å². The van der Waals surface area contributed by atoms with Crippen molar-refractivity contribution in [3.8, 4) is 0 Å². The van der Waals surface area contributed by atoms with Crippen molar-refractivity contribution in [2.45, 2.75) is 32.2 Å². The molecule has 1 amide bonds. The zero-order valence-electron chi connectivity index (χ0n) is 11.7. The van der Waals surface area contributed by atoms with Crippen LogP contribution < -0.4 is 16.0 Å². The second kappa shape index (κ2) is 6.06. The quantitative estimate of drug-likeness (QED) is 0.843. The number of para-hydroxylation sites is 1. The van der Waals surface area contributed by atoms with Gasteiger partial charge >= 0.3 is 0 Å². The average Bonchev–Trinajstić information content (AvgIpc) is 2.68. The third kappa shape index (κ3) is 3.26.